The van der Waals surface area contributed by atoms with Crippen LogP contribution < -0.4 is 0 Å². The molecular formula is C11H9N3O2. The molecule has 0 radical (unpaired) electrons. The van der Waals surface area contributed by atoms with Gasteiger partial charge in [0.1, 0.15) is 0 Å². The zero-order valence-corrected chi connectivity index (χ0v) is 8.46. The highest BCUT2D eigenvalue weighted by Gasteiger charge is 2.25. The van der Waals surface area contributed by atoms with Crippen molar-refractivity contribution in [3.05, 3.63) is 40.2 Å². The molecule has 0 bridgehead atoms. The molecule has 5 nitrogen and oxygen atoms in total. The Bertz CT molecular complexity index is 578. The number of nitro groups is 1. The van der Waals surface area contributed by atoms with Crippen molar-refractivity contribution in [2.24, 2.45) is 0 Å². The van der Waals surface area contributed by atoms with E-state index in [1.165, 1.54) is 25.0 Å². The van der Waals surface area contributed by atoms with Gasteiger partial charge in [-0.05, 0) is 18.9 Å². The average molecular weight is 215 g/mol. The van der Waals surface area contributed by atoms with Crippen molar-refractivity contribution in [3.8, 4) is 0 Å². The molecule has 1 aromatic heterocycles. The van der Waals surface area contributed by atoms with Gasteiger partial charge < -0.3 is 0 Å². The van der Waals surface area contributed by atoms with Crippen LogP contribution in [0.1, 0.15) is 24.5 Å². The SMILES string of the molecule is O=[N+]([O-])c1ccc2nc(C3CC3)cnc2c1. The van der Waals surface area contributed by atoms with Crippen molar-refractivity contribution in [2.75, 3.05) is 0 Å². The van der Waals surface area contributed by atoms with E-state index < -0.39 is 4.92 Å². The van der Waals surface area contributed by atoms with E-state index in [2.05, 4.69) is 9.97 Å². The molecule has 0 atom stereocenters. The van der Waals surface area contributed by atoms with Crippen molar-refractivity contribution in [2.45, 2.75) is 18.8 Å². The molecule has 1 saturated carbocycles. The molecule has 0 amide bonds. The first kappa shape index (κ1) is 9.21. The average Bonchev–Trinajstić information content (AvgIpc) is 3.11. The lowest BCUT2D eigenvalue weighted by atomic mass is 10.2. The standard InChI is InChI=1S/C11H9N3O2/c15-14(16)8-3-4-9-10(5-8)12-6-11(13-9)7-1-2-7/h3-7H,1-2H2. The van der Waals surface area contributed by atoms with Crippen LogP contribution in [0.3, 0.4) is 0 Å². The Morgan fingerprint density at radius 2 is 2.12 bits per heavy atom. The maximum Gasteiger partial charge on any atom is 0.271 e. The van der Waals surface area contributed by atoms with Gasteiger partial charge in [0.15, 0.2) is 0 Å². The number of benzene rings is 1. The van der Waals surface area contributed by atoms with E-state index in [1.54, 1.807) is 12.3 Å². The van der Waals surface area contributed by atoms with Crippen LogP contribution in [-0.4, -0.2) is 14.9 Å². The molecule has 0 saturated heterocycles. The van der Waals surface area contributed by atoms with E-state index in [9.17, 15) is 10.1 Å². The Balaban J connectivity index is 2.12. The summed E-state index contributed by atoms with van der Waals surface area (Å²) in [6.07, 6.45) is 4.07. The fraction of sp³-hybridized carbons (Fsp3) is 0.273. The van der Waals surface area contributed by atoms with Crippen molar-refractivity contribution in [3.63, 3.8) is 0 Å². The van der Waals surface area contributed by atoms with Gasteiger partial charge in [-0.25, -0.2) is 4.98 Å². The molecule has 1 aromatic carbocycles. The topological polar surface area (TPSA) is 68.9 Å². The number of non-ortho nitro benzene ring substituents is 1. The smallest absolute Gasteiger partial charge is 0.258 e. The predicted octanol–water partition coefficient (Wildman–Crippen LogP) is 2.42. The van der Waals surface area contributed by atoms with Crippen LogP contribution in [0.2, 0.25) is 0 Å². The minimum Gasteiger partial charge on any atom is -0.258 e. The highest BCUT2D eigenvalue weighted by molar-refractivity contribution is 5.76. The fourth-order valence-corrected chi connectivity index (χ4v) is 1.70. The summed E-state index contributed by atoms with van der Waals surface area (Å²) in [7, 11) is 0. The van der Waals surface area contributed by atoms with Crippen LogP contribution in [0, 0.1) is 10.1 Å². The van der Waals surface area contributed by atoms with Gasteiger partial charge in [-0.3, -0.25) is 15.1 Å². The maximum absolute atomic E-state index is 10.6. The van der Waals surface area contributed by atoms with E-state index in [4.69, 9.17) is 0 Å². The van der Waals surface area contributed by atoms with Gasteiger partial charge in [0.25, 0.3) is 5.69 Å². The zero-order valence-electron chi connectivity index (χ0n) is 8.46. The summed E-state index contributed by atoms with van der Waals surface area (Å²) in [6.45, 7) is 0. The monoisotopic (exact) mass is 215 g/mol. The number of fused-ring (bicyclic) bond motifs is 1. The lowest BCUT2D eigenvalue weighted by Crippen LogP contribution is -1.93. The molecule has 16 heavy (non-hydrogen) atoms. The van der Waals surface area contributed by atoms with Crippen molar-refractivity contribution in [1.82, 2.24) is 9.97 Å². The van der Waals surface area contributed by atoms with E-state index in [0.717, 1.165) is 11.2 Å². The van der Waals surface area contributed by atoms with Gasteiger partial charge in [0.2, 0.25) is 0 Å². The second-order valence-electron chi connectivity index (χ2n) is 4.00. The summed E-state index contributed by atoms with van der Waals surface area (Å²) in [5.74, 6) is 0.548. The predicted molar refractivity (Wildman–Crippen MR) is 58.2 cm³/mol. The Labute approximate surface area is 91.3 Å². The molecule has 5 heteroatoms. The maximum atomic E-state index is 10.6. The number of hydrogen-bond acceptors (Lipinski definition) is 4. The number of hydrogen-bond donors (Lipinski definition) is 0. The second-order valence-corrected chi connectivity index (χ2v) is 4.00. The molecule has 1 heterocycles. The first-order chi connectivity index (χ1) is 7.74. The molecule has 0 aliphatic heterocycles. The molecule has 1 aliphatic rings. The molecule has 0 unspecified atom stereocenters. The summed E-state index contributed by atoms with van der Waals surface area (Å²) in [6, 6.07) is 4.58. The summed E-state index contributed by atoms with van der Waals surface area (Å²) >= 11 is 0. The van der Waals surface area contributed by atoms with Crippen LogP contribution in [-0.2, 0) is 0 Å². The van der Waals surface area contributed by atoms with E-state index >= 15 is 0 Å². The van der Waals surface area contributed by atoms with Gasteiger partial charge in [-0.1, -0.05) is 0 Å². The lowest BCUT2D eigenvalue weighted by molar-refractivity contribution is -0.384. The summed E-state index contributed by atoms with van der Waals surface area (Å²) in [5, 5.41) is 10.6. The molecule has 0 N–H and O–H groups in total. The fourth-order valence-electron chi connectivity index (χ4n) is 1.70. The van der Waals surface area contributed by atoms with Gasteiger partial charge >= 0.3 is 0 Å². The number of nitrogens with zero attached hydrogens (tertiary/aromatic N) is 3. The molecule has 2 aromatic rings. The third kappa shape index (κ3) is 1.50. The van der Waals surface area contributed by atoms with Crippen molar-refractivity contribution >= 4 is 16.7 Å². The normalized spacial score (nSPS) is 15.2. The van der Waals surface area contributed by atoms with Crippen LogP contribution in [0.15, 0.2) is 24.4 Å². The summed E-state index contributed by atoms with van der Waals surface area (Å²) < 4.78 is 0. The number of rotatable bonds is 2. The third-order valence-electron chi connectivity index (χ3n) is 2.75. The van der Waals surface area contributed by atoms with Crippen LogP contribution >= 0.6 is 0 Å². The molecular weight excluding hydrogens is 206 g/mol. The van der Waals surface area contributed by atoms with Gasteiger partial charge in [0, 0.05) is 24.2 Å². The van der Waals surface area contributed by atoms with Gasteiger partial charge in [-0.15, -0.1) is 0 Å². The minimum absolute atomic E-state index is 0.0565. The first-order valence-electron chi connectivity index (χ1n) is 5.15. The summed E-state index contributed by atoms with van der Waals surface area (Å²) in [5.41, 5.74) is 2.37. The quantitative estimate of drug-likeness (QED) is 0.569. The molecule has 0 spiro atoms. The largest absolute Gasteiger partial charge is 0.271 e. The first-order valence-corrected chi connectivity index (χ1v) is 5.15. The molecule has 1 fully saturated rings. The highest BCUT2D eigenvalue weighted by Crippen LogP contribution is 2.39. The van der Waals surface area contributed by atoms with E-state index in [0.29, 0.717) is 11.4 Å². The van der Waals surface area contributed by atoms with E-state index in [-0.39, 0.29) is 5.69 Å². The Kier molecular flexibility index (Phi) is 1.86. The Hall–Kier alpha value is -2.04. The Morgan fingerprint density at radius 1 is 1.31 bits per heavy atom. The van der Waals surface area contributed by atoms with Crippen molar-refractivity contribution in [1.29, 1.82) is 0 Å². The molecule has 1 aliphatic carbocycles. The highest BCUT2D eigenvalue weighted by atomic mass is 16.6. The second kappa shape index (κ2) is 3.23. The van der Waals surface area contributed by atoms with E-state index in [1.807, 2.05) is 0 Å². The van der Waals surface area contributed by atoms with Gasteiger partial charge in [-0.2, -0.15) is 0 Å². The van der Waals surface area contributed by atoms with Crippen LogP contribution in [0.4, 0.5) is 5.69 Å². The molecule has 3 rings (SSSR count). The lowest BCUT2D eigenvalue weighted by Gasteiger charge is -2.00. The van der Waals surface area contributed by atoms with Crippen LogP contribution in [0.25, 0.3) is 11.0 Å². The third-order valence-corrected chi connectivity index (χ3v) is 2.75. The number of nitro benzene ring substituents is 1. The van der Waals surface area contributed by atoms with Crippen molar-refractivity contribution < 1.29 is 4.92 Å². The molecule has 80 valence electrons. The zero-order chi connectivity index (χ0) is 11.1. The van der Waals surface area contributed by atoms with Crippen LogP contribution in [0.5, 0.6) is 0 Å². The number of aromatic nitrogens is 2. The Morgan fingerprint density at radius 3 is 2.81 bits per heavy atom. The minimum atomic E-state index is -0.421. The summed E-state index contributed by atoms with van der Waals surface area (Å²) in [4.78, 5) is 18.8. The van der Waals surface area contributed by atoms with Gasteiger partial charge in [0.05, 0.1) is 21.7 Å².